The number of nitriles is 1. The van der Waals surface area contributed by atoms with Gasteiger partial charge >= 0.3 is 0 Å². The van der Waals surface area contributed by atoms with E-state index in [1.54, 1.807) is 12.1 Å². The van der Waals surface area contributed by atoms with Crippen LogP contribution in [0.25, 0.3) is 0 Å². The molecule has 5 heteroatoms. The Balaban J connectivity index is 2.30. The molecule has 0 bridgehead atoms. The van der Waals surface area contributed by atoms with E-state index in [4.69, 9.17) is 15.1 Å². The Morgan fingerprint density at radius 2 is 2.24 bits per heavy atom. The minimum atomic E-state index is -0.382. The van der Waals surface area contributed by atoms with Crippen LogP contribution in [0.3, 0.4) is 0 Å². The number of ether oxygens (including phenoxy) is 1. The van der Waals surface area contributed by atoms with Crippen molar-refractivity contribution in [3.05, 3.63) is 35.1 Å². The van der Waals surface area contributed by atoms with Gasteiger partial charge in [-0.1, -0.05) is 6.07 Å². The van der Waals surface area contributed by atoms with E-state index >= 15 is 0 Å². The molecule has 17 heavy (non-hydrogen) atoms. The van der Waals surface area contributed by atoms with Crippen LogP contribution in [0.2, 0.25) is 0 Å². The van der Waals surface area contributed by atoms with E-state index in [1.807, 2.05) is 6.07 Å². The number of benzene rings is 1. The van der Waals surface area contributed by atoms with Crippen molar-refractivity contribution in [1.29, 1.82) is 5.26 Å². The van der Waals surface area contributed by atoms with Crippen LogP contribution in [0.5, 0.6) is 0 Å². The smallest absolute Gasteiger partial charge is 0.129 e. The Hall–Kier alpha value is -1.48. The molecule has 0 fully saturated rings. The lowest BCUT2D eigenvalue weighted by Gasteiger charge is -2.06. The van der Waals surface area contributed by atoms with E-state index in [2.05, 4.69) is 5.32 Å². The summed E-state index contributed by atoms with van der Waals surface area (Å²) in [7, 11) is 0. The average molecular weight is 238 g/mol. The van der Waals surface area contributed by atoms with E-state index < -0.39 is 0 Å². The summed E-state index contributed by atoms with van der Waals surface area (Å²) in [5, 5.41) is 20.1. The Labute approximate surface area is 99.6 Å². The van der Waals surface area contributed by atoms with Gasteiger partial charge in [0.2, 0.25) is 0 Å². The second kappa shape index (κ2) is 7.74. The SMILES string of the molecule is N#Cc1ccc(CNCCOCCO)c(F)c1. The Bertz CT molecular complexity index is 391. The quantitative estimate of drug-likeness (QED) is 0.689. The number of nitrogens with one attached hydrogen (secondary N) is 1. The summed E-state index contributed by atoms with van der Waals surface area (Å²) < 4.78 is 18.4. The zero-order valence-corrected chi connectivity index (χ0v) is 9.45. The number of rotatable bonds is 7. The maximum absolute atomic E-state index is 13.4. The summed E-state index contributed by atoms with van der Waals surface area (Å²) in [4.78, 5) is 0. The minimum Gasteiger partial charge on any atom is -0.394 e. The molecule has 0 aromatic heterocycles. The summed E-state index contributed by atoms with van der Waals surface area (Å²) in [5.41, 5.74) is 0.837. The molecule has 0 atom stereocenters. The van der Waals surface area contributed by atoms with Crippen LogP contribution in [0.15, 0.2) is 18.2 Å². The predicted octanol–water partition coefficient (Wildman–Crippen LogP) is 0.796. The van der Waals surface area contributed by atoms with Gasteiger partial charge in [0.1, 0.15) is 5.82 Å². The molecule has 1 aromatic rings. The van der Waals surface area contributed by atoms with Crippen molar-refractivity contribution < 1.29 is 14.2 Å². The molecule has 0 aliphatic rings. The lowest BCUT2D eigenvalue weighted by Crippen LogP contribution is -2.20. The van der Waals surface area contributed by atoms with Crippen molar-refractivity contribution in [2.75, 3.05) is 26.4 Å². The maximum atomic E-state index is 13.4. The van der Waals surface area contributed by atoms with Crippen molar-refractivity contribution in [1.82, 2.24) is 5.32 Å². The van der Waals surface area contributed by atoms with Crippen molar-refractivity contribution in [2.24, 2.45) is 0 Å². The van der Waals surface area contributed by atoms with Gasteiger partial charge in [-0.05, 0) is 12.1 Å². The monoisotopic (exact) mass is 238 g/mol. The maximum Gasteiger partial charge on any atom is 0.129 e. The van der Waals surface area contributed by atoms with Crippen LogP contribution in [0.4, 0.5) is 4.39 Å². The van der Waals surface area contributed by atoms with Crippen molar-refractivity contribution >= 4 is 0 Å². The van der Waals surface area contributed by atoms with Crippen LogP contribution in [0.1, 0.15) is 11.1 Å². The van der Waals surface area contributed by atoms with E-state index in [0.29, 0.717) is 37.4 Å². The standard InChI is InChI=1S/C12H15FN2O2/c13-12-7-10(8-14)1-2-11(12)9-15-3-5-17-6-4-16/h1-2,7,15-16H,3-6,9H2. The molecule has 92 valence electrons. The Kier molecular flexibility index (Phi) is 6.18. The fourth-order valence-electron chi connectivity index (χ4n) is 1.29. The third-order valence-corrected chi connectivity index (χ3v) is 2.16. The highest BCUT2D eigenvalue weighted by Gasteiger charge is 2.02. The minimum absolute atomic E-state index is 0.00422. The molecular weight excluding hydrogens is 223 g/mol. The highest BCUT2D eigenvalue weighted by atomic mass is 19.1. The molecule has 0 saturated heterocycles. The molecule has 0 spiro atoms. The molecule has 0 amide bonds. The van der Waals surface area contributed by atoms with Gasteiger partial charge in [0.25, 0.3) is 0 Å². The van der Waals surface area contributed by atoms with Gasteiger partial charge in [-0.25, -0.2) is 4.39 Å². The summed E-state index contributed by atoms with van der Waals surface area (Å²) >= 11 is 0. The summed E-state index contributed by atoms with van der Waals surface area (Å²) in [6, 6.07) is 6.28. The molecule has 0 aliphatic carbocycles. The molecular formula is C12H15FN2O2. The highest BCUT2D eigenvalue weighted by molar-refractivity contribution is 5.32. The molecule has 0 aliphatic heterocycles. The van der Waals surface area contributed by atoms with E-state index in [-0.39, 0.29) is 12.4 Å². The summed E-state index contributed by atoms with van der Waals surface area (Å²) in [6.45, 7) is 1.76. The lowest BCUT2D eigenvalue weighted by molar-refractivity contribution is 0.0937. The second-order valence-electron chi connectivity index (χ2n) is 3.43. The molecule has 0 heterocycles. The van der Waals surface area contributed by atoms with Gasteiger partial charge in [0.05, 0.1) is 31.5 Å². The first-order valence-corrected chi connectivity index (χ1v) is 5.35. The topological polar surface area (TPSA) is 65.3 Å². The van der Waals surface area contributed by atoms with E-state index in [1.165, 1.54) is 6.07 Å². The van der Waals surface area contributed by atoms with Gasteiger partial charge < -0.3 is 15.2 Å². The molecule has 0 unspecified atom stereocenters. The molecule has 1 aromatic carbocycles. The predicted molar refractivity (Wildman–Crippen MR) is 60.7 cm³/mol. The third kappa shape index (κ3) is 4.91. The molecule has 4 nitrogen and oxygen atoms in total. The summed E-state index contributed by atoms with van der Waals surface area (Å²) in [5.74, 6) is -0.382. The fraction of sp³-hybridized carbons (Fsp3) is 0.417. The molecule has 0 radical (unpaired) electrons. The number of hydrogen-bond acceptors (Lipinski definition) is 4. The van der Waals surface area contributed by atoms with Gasteiger partial charge in [-0.3, -0.25) is 0 Å². The highest BCUT2D eigenvalue weighted by Crippen LogP contribution is 2.09. The summed E-state index contributed by atoms with van der Waals surface area (Å²) in [6.07, 6.45) is 0. The zero-order valence-electron chi connectivity index (χ0n) is 9.45. The Morgan fingerprint density at radius 1 is 1.41 bits per heavy atom. The van der Waals surface area contributed by atoms with Crippen LogP contribution >= 0.6 is 0 Å². The second-order valence-corrected chi connectivity index (χ2v) is 3.43. The van der Waals surface area contributed by atoms with Gasteiger partial charge in [0, 0.05) is 18.7 Å². The number of hydrogen-bond donors (Lipinski definition) is 2. The fourth-order valence-corrected chi connectivity index (χ4v) is 1.29. The van der Waals surface area contributed by atoms with Crippen LogP contribution in [-0.2, 0) is 11.3 Å². The van der Waals surface area contributed by atoms with Crippen molar-refractivity contribution in [3.8, 4) is 6.07 Å². The van der Waals surface area contributed by atoms with Gasteiger partial charge in [-0.15, -0.1) is 0 Å². The number of halogens is 1. The van der Waals surface area contributed by atoms with Crippen LogP contribution < -0.4 is 5.32 Å². The molecule has 1 rings (SSSR count). The van der Waals surface area contributed by atoms with E-state index in [9.17, 15) is 4.39 Å². The van der Waals surface area contributed by atoms with Gasteiger partial charge in [-0.2, -0.15) is 5.26 Å². The first-order valence-electron chi connectivity index (χ1n) is 5.35. The van der Waals surface area contributed by atoms with Crippen molar-refractivity contribution in [3.63, 3.8) is 0 Å². The first kappa shape index (κ1) is 13.6. The average Bonchev–Trinajstić information content (AvgIpc) is 2.35. The van der Waals surface area contributed by atoms with Crippen molar-refractivity contribution in [2.45, 2.75) is 6.54 Å². The number of aliphatic hydroxyl groups is 1. The van der Waals surface area contributed by atoms with Crippen LogP contribution in [0, 0.1) is 17.1 Å². The number of aliphatic hydroxyl groups excluding tert-OH is 1. The first-order chi connectivity index (χ1) is 8.27. The van der Waals surface area contributed by atoms with Gasteiger partial charge in [0.15, 0.2) is 0 Å². The normalized spacial score (nSPS) is 10.2. The zero-order chi connectivity index (χ0) is 12.5. The molecule has 0 saturated carbocycles. The third-order valence-electron chi connectivity index (χ3n) is 2.16. The Morgan fingerprint density at radius 3 is 2.88 bits per heavy atom. The molecule has 2 N–H and O–H groups in total. The lowest BCUT2D eigenvalue weighted by atomic mass is 10.1. The largest absolute Gasteiger partial charge is 0.394 e. The van der Waals surface area contributed by atoms with E-state index in [0.717, 1.165) is 0 Å². The number of nitrogens with zero attached hydrogens (tertiary/aromatic N) is 1. The van der Waals surface area contributed by atoms with Crippen LogP contribution in [-0.4, -0.2) is 31.5 Å².